The van der Waals surface area contributed by atoms with Gasteiger partial charge in [0.2, 0.25) is 0 Å². The number of benzene rings is 1. The van der Waals surface area contributed by atoms with Crippen LogP contribution in [-0.4, -0.2) is 70.1 Å². The molecule has 0 spiro atoms. The highest BCUT2D eigenvalue weighted by Gasteiger charge is 2.24. The Labute approximate surface area is 122 Å². The minimum absolute atomic E-state index is 0.137. The van der Waals surface area contributed by atoms with Crippen molar-refractivity contribution in [3.05, 3.63) is 29.8 Å². The van der Waals surface area contributed by atoms with Crippen LogP contribution >= 0.6 is 0 Å². The zero-order valence-corrected chi connectivity index (χ0v) is 13.1. The predicted octanol–water partition coefficient (Wildman–Crippen LogP) is 0.0965. The van der Waals surface area contributed by atoms with Gasteiger partial charge in [-0.2, -0.15) is 0 Å². The Morgan fingerprint density at radius 2 is 1.70 bits per heavy atom. The molecule has 6 heteroatoms. The van der Waals surface area contributed by atoms with Crippen molar-refractivity contribution in [1.82, 2.24) is 9.13 Å². The van der Waals surface area contributed by atoms with E-state index in [1.54, 1.807) is 12.1 Å². The third-order valence-corrected chi connectivity index (χ3v) is 5.93. The third kappa shape index (κ3) is 3.59. The first kappa shape index (κ1) is 14.0. The van der Waals surface area contributed by atoms with Crippen molar-refractivity contribution in [2.24, 2.45) is 0 Å². The highest BCUT2D eigenvalue weighted by atomic mass is 28.2. The number of hydrogen-bond acceptors (Lipinski definition) is 5. The molecule has 1 aromatic rings. The van der Waals surface area contributed by atoms with E-state index >= 15 is 0 Å². The molecule has 1 aromatic carbocycles. The lowest BCUT2D eigenvalue weighted by atomic mass is 10.1. The second kappa shape index (κ2) is 6.69. The number of aromatic hydroxyl groups is 1. The fourth-order valence-electron chi connectivity index (χ4n) is 2.75. The Morgan fingerprint density at radius 1 is 1.00 bits per heavy atom. The molecule has 3 rings (SSSR count). The van der Waals surface area contributed by atoms with Crippen molar-refractivity contribution in [2.45, 2.75) is 6.10 Å². The van der Waals surface area contributed by atoms with Crippen LogP contribution in [0.3, 0.4) is 0 Å². The van der Waals surface area contributed by atoms with Gasteiger partial charge in [0, 0.05) is 26.2 Å². The molecule has 1 unspecified atom stereocenters. The van der Waals surface area contributed by atoms with Crippen molar-refractivity contribution >= 4 is 9.84 Å². The highest BCUT2D eigenvalue weighted by molar-refractivity contribution is 6.28. The first-order valence-corrected chi connectivity index (χ1v) is 8.51. The fourth-order valence-corrected chi connectivity index (χ4v) is 4.47. The smallest absolute Gasteiger partial charge is 0.173 e. The lowest BCUT2D eigenvalue weighted by Gasteiger charge is -2.37. The zero-order valence-electron chi connectivity index (χ0n) is 11.7. The average molecular weight is 294 g/mol. The minimum Gasteiger partial charge on any atom is -0.508 e. The van der Waals surface area contributed by atoms with E-state index in [1.165, 1.54) is 0 Å². The Morgan fingerprint density at radius 3 is 2.45 bits per heavy atom. The average Bonchev–Trinajstić information content (AvgIpc) is 2.49. The van der Waals surface area contributed by atoms with Gasteiger partial charge in [-0.05, 0) is 17.7 Å². The predicted molar refractivity (Wildman–Crippen MR) is 79.3 cm³/mol. The van der Waals surface area contributed by atoms with Crippen LogP contribution in [0.2, 0.25) is 0 Å². The monoisotopic (exact) mass is 294 g/mol. The molecule has 0 bridgehead atoms. The van der Waals surface area contributed by atoms with Gasteiger partial charge >= 0.3 is 0 Å². The maximum absolute atomic E-state index is 9.36. The zero-order chi connectivity index (χ0) is 13.8. The molecule has 2 fully saturated rings. The highest BCUT2D eigenvalue weighted by Crippen LogP contribution is 2.23. The van der Waals surface area contributed by atoms with E-state index < -0.39 is 0 Å². The van der Waals surface area contributed by atoms with Crippen LogP contribution in [0.1, 0.15) is 11.7 Å². The van der Waals surface area contributed by atoms with E-state index in [9.17, 15) is 5.11 Å². The summed E-state index contributed by atoms with van der Waals surface area (Å²) in [7, 11) is -0.367. The van der Waals surface area contributed by atoms with Gasteiger partial charge in [-0.3, -0.25) is 0 Å². The molecule has 0 amide bonds. The van der Waals surface area contributed by atoms with Crippen molar-refractivity contribution < 1.29 is 14.6 Å². The SMILES string of the molecule is Oc1ccc(C2CN([SiH2]N3CCOCC3)CCO2)cc1. The maximum Gasteiger partial charge on any atom is 0.173 e. The van der Waals surface area contributed by atoms with Gasteiger partial charge in [0.15, 0.2) is 9.84 Å². The van der Waals surface area contributed by atoms with Crippen LogP contribution in [0.15, 0.2) is 24.3 Å². The molecule has 2 saturated heterocycles. The molecule has 5 nitrogen and oxygen atoms in total. The van der Waals surface area contributed by atoms with Gasteiger partial charge in [-0.1, -0.05) is 12.1 Å². The van der Waals surface area contributed by atoms with Gasteiger partial charge in [0.05, 0.1) is 25.9 Å². The maximum atomic E-state index is 9.36. The molecule has 20 heavy (non-hydrogen) atoms. The molecule has 1 N–H and O–H groups in total. The summed E-state index contributed by atoms with van der Waals surface area (Å²) in [6.45, 7) is 6.70. The molecule has 0 saturated carbocycles. The lowest BCUT2D eigenvalue weighted by Crippen LogP contribution is -2.50. The summed E-state index contributed by atoms with van der Waals surface area (Å²) in [6, 6.07) is 7.38. The second-order valence-corrected chi connectivity index (χ2v) is 7.47. The summed E-state index contributed by atoms with van der Waals surface area (Å²) in [5.41, 5.74) is 1.16. The quantitative estimate of drug-likeness (QED) is 0.801. The third-order valence-electron chi connectivity index (χ3n) is 3.92. The van der Waals surface area contributed by atoms with E-state index in [0.29, 0.717) is 5.75 Å². The minimum atomic E-state index is -0.367. The molecule has 1 atom stereocenters. The first-order chi connectivity index (χ1) is 9.81. The summed E-state index contributed by atoms with van der Waals surface area (Å²) in [5, 5.41) is 9.36. The first-order valence-electron chi connectivity index (χ1n) is 7.24. The molecule has 2 heterocycles. The number of phenols is 1. The van der Waals surface area contributed by atoms with Crippen LogP contribution in [0, 0.1) is 0 Å². The van der Waals surface area contributed by atoms with Gasteiger partial charge in [0.25, 0.3) is 0 Å². The van der Waals surface area contributed by atoms with Gasteiger partial charge in [0.1, 0.15) is 5.75 Å². The van der Waals surface area contributed by atoms with Gasteiger partial charge in [-0.25, -0.2) is 0 Å². The van der Waals surface area contributed by atoms with Crippen molar-refractivity contribution in [2.75, 3.05) is 46.0 Å². The number of hydrogen-bond donors (Lipinski definition) is 1. The van der Waals surface area contributed by atoms with Crippen LogP contribution in [0.4, 0.5) is 0 Å². The van der Waals surface area contributed by atoms with Crippen molar-refractivity contribution in [3.63, 3.8) is 0 Å². The van der Waals surface area contributed by atoms with Crippen LogP contribution in [0.5, 0.6) is 5.75 Å². The number of nitrogens with zero attached hydrogens (tertiary/aromatic N) is 2. The molecule has 0 aliphatic carbocycles. The topological polar surface area (TPSA) is 45.2 Å². The Hall–Kier alpha value is -0.923. The van der Waals surface area contributed by atoms with E-state index in [-0.39, 0.29) is 15.9 Å². The van der Waals surface area contributed by atoms with E-state index in [2.05, 4.69) is 9.13 Å². The van der Waals surface area contributed by atoms with E-state index in [1.807, 2.05) is 12.1 Å². The largest absolute Gasteiger partial charge is 0.508 e. The number of morpholine rings is 2. The van der Waals surface area contributed by atoms with Gasteiger partial charge < -0.3 is 23.7 Å². The summed E-state index contributed by atoms with van der Waals surface area (Å²) in [4.78, 5) is 0. The molecule has 2 aliphatic rings. The van der Waals surface area contributed by atoms with Crippen LogP contribution in [0.25, 0.3) is 0 Å². The lowest BCUT2D eigenvalue weighted by molar-refractivity contribution is -0.00767. The normalized spacial score (nSPS) is 26.3. The van der Waals surface area contributed by atoms with Crippen molar-refractivity contribution in [3.8, 4) is 5.75 Å². The Bertz CT molecular complexity index is 423. The number of ether oxygens (including phenoxy) is 2. The molecule has 110 valence electrons. The number of phenolic OH excluding ortho intramolecular Hbond substituents is 1. The molecule has 0 radical (unpaired) electrons. The van der Waals surface area contributed by atoms with Gasteiger partial charge in [-0.15, -0.1) is 0 Å². The summed E-state index contributed by atoms with van der Waals surface area (Å²) in [5.74, 6) is 0.309. The van der Waals surface area contributed by atoms with E-state index in [4.69, 9.17) is 9.47 Å². The molecule has 2 aliphatic heterocycles. The Kier molecular flexibility index (Phi) is 4.69. The van der Waals surface area contributed by atoms with E-state index in [0.717, 1.165) is 51.6 Å². The van der Waals surface area contributed by atoms with Crippen molar-refractivity contribution in [1.29, 1.82) is 0 Å². The standard InChI is InChI=1S/C14H22N2O3Si/c17-13-3-1-12(2-4-13)14-11-16(7-10-19-14)20-15-5-8-18-9-6-15/h1-4,14,17H,5-11,20H2. The molecular weight excluding hydrogens is 272 g/mol. The second-order valence-electron chi connectivity index (χ2n) is 5.40. The Balaban J connectivity index is 1.57. The van der Waals surface area contributed by atoms with Crippen LogP contribution in [-0.2, 0) is 9.47 Å². The molecular formula is C14H22N2O3Si. The fraction of sp³-hybridized carbons (Fsp3) is 0.571. The summed E-state index contributed by atoms with van der Waals surface area (Å²) < 4.78 is 16.4. The molecule has 0 aromatic heterocycles. The summed E-state index contributed by atoms with van der Waals surface area (Å²) >= 11 is 0. The number of rotatable bonds is 3. The van der Waals surface area contributed by atoms with Crippen LogP contribution < -0.4 is 0 Å². The summed E-state index contributed by atoms with van der Waals surface area (Å²) in [6.07, 6.45) is 0.137.